The number of rotatable bonds is 7. The number of carbonyl (C=O) groups is 2. The van der Waals surface area contributed by atoms with Gasteiger partial charge in [-0.05, 0) is 34.7 Å². The van der Waals surface area contributed by atoms with Crippen molar-refractivity contribution in [2.45, 2.75) is 5.92 Å². The number of pyridine rings is 1. The number of hydrogen-bond donors (Lipinski definition) is 2. The average molecular weight is 428 g/mol. The van der Waals surface area contributed by atoms with Crippen molar-refractivity contribution in [1.82, 2.24) is 10.3 Å². The molecule has 6 heteroatoms. The number of carbonyl (C=O) groups excluding carboxylic acids is 2. The van der Waals surface area contributed by atoms with Gasteiger partial charge in [0.15, 0.2) is 0 Å². The quantitative estimate of drug-likeness (QED) is 0.438. The van der Waals surface area contributed by atoms with Crippen molar-refractivity contribution in [3.05, 3.63) is 118 Å². The number of nitrogens with zero attached hydrogens (tertiary/aromatic N) is 1. The molecule has 0 atom stereocenters. The molecule has 154 valence electrons. The lowest BCUT2D eigenvalue weighted by Gasteiger charge is -2.19. The first-order chi connectivity index (χ1) is 15.2. The van der Waals surface area contributed by atoms with Gasteiger partial charge in [0.25, 0.3) is 11.8 Å². The molecule has 0 aliphatic rings. The van der Waals surface area contributed by atoms with Crippen molar-refractivity contribution >= 4 is 28.8 Å². The van der Waals surface area contributed by atoms with E-state index in [9.17, 15) is 9.59 Å². The first kappa shape index (κ1) is 20.5. The molecule has 0 aliphatic heterocycles. The highest BCUT2D eigenvalue weighted by Crippen LogP contribution is 2.26. The Labute approximate surface area is 184 Å². The second-order valence-corrected chi connectivity index (χ2v) is 7.85. The van der Waals surface area contributed by atoms with E-state index in [1.807, 2.05) is 36.4 Å². The van der Waals surface area contributed by atoms with Crippen molar-refractivity contribution < 1.29 is 9.59 Å². The first-order valence-corrected chi connectivity index (χ1v) is 10.8. The Kier molecular flexibility index (Phi) is 6.50. The fourth-order valence-corrected chi connectivity index (χ4v) is 4.12. The summed E-state index contributed by atoms with van der Waals surface area (Å²) in [6.45, 7) is 0.447. The Bertz CT molecular complexity index is 1110. The monoisotopic (exact) mass is 427 g/mol. The van der Waals surface area contributed by atoms with Crippen LogP contribution in [0.2, 0.25) is 0 Å². The molecule has 2 amide bonds. The van der Waals surface area contributed by atoms with Crippen LogP contribution < -0.4 is 10.6 Å². The minimum atomic E-state index is -0.277. The summed E-state index contributed by atoms with van der Waals surface area (Å²) < 4.78 is 0. The topological polar surface area (TPSA) is 71.1 Å². The molecular formula is C25H21N3O2S. The van der Waals surface area contributed by atoms with E-state index in [-0.39, 0.29) is 17.7 Å². The third kappa shape index (κ3) is 5.05. The second kappa shape index (κ2) is 9.82. The summed E-state index contributed by atoms with van der Waals surface area (Å²) in [4.78, 5) is 29.8. The molecule has 31 heavy (non-hydrogen) atoms. The first-order valence-electron chi connectivity index (χ1n) is 9.89. The van der Waals surface area contributed by atoms with E-state index in [1.54, 1.807) is 36.0 Å². The smallest absolute Gasteiger partial charge is 0.263 e. The molecule has 0 saturated heterocycles. The van der Waals surface area contributed by atoms with Crippen molar-refractivity contribution in [2.75, 3.05) is 11.9 Å². The normalized spacial score (nSPS) is 10.6. The standard InChI is InChI=1S/C25H21N3O2S/c29-24(20-11-14-26-15-12-20)28-22-13-16-31-23(22)25(30)27-17-21(18-7-3-1-4-8-18)19-9-5-2-6-10-19/h1-16,21H,17H2,(H,27,30)(H,28,29). The van der Waals surface area contributed by atoms with Crippen LogP contribution in [0.1, 0.15) is 37.1 Å². The molecule has 0 unspecified atom stereocenters. The van der Waals surface area contributed by atoms with E-state index in [2.05, 4.69) is 39.9 Å². The molecule has 2 aromatic carbocycles. The van der Waals surface area contributed by atoms with Gasteiger partial charge in [-0.25, -0.2) is 0 Å². The molecule has 4 rings (SSSR count). The predicted molar refractivity (Wildman–Crippen MR) is 124 cm³/mol. The lowest BCUT2D eigenvalue weighted by atomic mass is 9.91. The molecule has 0 radical (unpaired) electrons. The van der Waals surface area contributed by atoms with Crippen LogP contribution in [0.25, 0.3) is 0 Å². The fourth-order valence-electron chi connectivity index (χ4n) is 3.36. The van der Waals surface area contributed by atoms with Crippen molar-refractivity contribution in [3.8, 4) is 0 Å². The summed E-state index contributed by atoms with van der Waals surface area (Å²) in [5.41, 5.74) is 3.25. The zero-order valence-electron chi connectivity index (χ0n) is 16.7. The van der Waals surface area contributed by atoms with Crippen LogP contribution in [0.5, 0.6) is 0 Å². The van der Waals surface area contributed by atoms with Gasteiger partial charge in [0.1, 0.15) is 4.88 Å². The summed E-state index contributed by atoms with van der Waals surface area (Å²) in [6.07, 6.45) is 3.12. The van der Waals surface area contributed by atoms with Crippen LogP contribution in [-0.2, 0) is 0 Å². The number of anilines is 1. The summed E-state index contributed by atoms with van der Waals surface area (Å²) in [5, 5.41) is 7.66. The highest BCUT2D eigenvalue weighted by molar-refractivity contribution is 7.12. The van der Waals surface area contributed by atoms with Gasteiger partial charge in [-0.1, -0.05) is 60.7 Å². The third-order valence-electron chi connectivity index (χ3n) is 4.93. The maximum atomic E-state index is 12.9. The van der Waals surface area contributed by atoms with Gasteiger partial charge in [-0.3, -0.25) is 14.6 Å². The summed E-state index contributed by atoms with van der Waals surface area (Å²) in [6, 6.07) is 25.2. The minimum absolute atomic E-state index is 0.0289. The highest BCUT2D eigenvalue weighted by atomic mass is 32.1. The average Bonchev–Trinajstić information content (AvgIpc) is 3.29. The predicted octanol–water partition coefficient (Wildman–Crippen LogP) is 4.96. The molecule has 0 saturated carbocycles. The molecular weight excluding hydrogens is 406 g/mol. The molecule has 2 aromatic heterocycles. The maximum absolute atomic E-state index is 12.9. The van der Waals surface area contributed by atoms with E-state index in [0.717, 1.165) is 11.1 Å². The van der Waals surface area contributed by atoms with E-state index in [4.69, 9.17) is 0 Å². The van der Waals surface area contributed by atoms with E-state index >= 15 is 0 Å². The van der Waals surface area contributed by atoms with E-state index < -0.39 is 0 Å². The fraction of sp³-hybridized carbons (Fsp3) is 0.0800. The van der Waals surface area contributed by atoms with Crippen LogP contribution in [0, 0.1) is 0 Å². The lowest BCUT2D eigenvalue weighted by molar-refractivity contribution is 0.0957. The molecule has 2 heterocycles. The third-order valence-corrected chi connectivity index (χ3v) is 5.85. The van der Waals surface area contributed by atoms with Gasteiger partial charge >= 0.3 is 0 Å². The number of benzene rings is 2. The van der Waals surface area contributed by atoms with Gasteiger partial charge in [0.2, 0.25) is 0 Å². The molecule has 0 spiro atoms. The number of hydrogen-bond acceptors (Lipinski definition) is 4. The van der Waals surface area contributed by atoms with Crippen molar-refractivity contribution in [1.29, 1.82) is 0 Å². The zero-order valence-corrected chi connectivity index (χ0v) is 17.5. The summed E-state index contributed by atoms with van der Waals surface area (Å²) in [5.74, 6) is -0.459. The molecule has 0 bridgehead atoms. The van der Waals surface area contributed by atoms with Crippen LogP contribution >= 0.6 is 11.3 Å². The van der Waals surface area contributed by atoms with Gasteiger partial charge in [-0.15, -0.1) is 11.3 Å². The number of aromatic nitrogens is 1. The summed E-state index contributed by atoms with van der Waals surface area (Å²) in [7, 11) is 0. The highest BCUT2D eigenvalue weighted by Gasteiger charge is 2.19. The number of amides is 2. The van der Waals surface area contributed by atoms with Crippen LogP contribution in [-0.4, -0.2) is 23.3 Å². The zero-order chi connectivity index (χ0) is 21.5. The van der Waals surface area contributed by atoms with Gasteiger partial charge in [0.05, 0.1) is 5.69 Å². The Hall–Kier alpha value is -3.77. The van der Waals surface area contributed by atoms with Gasteiger partial charge in [-0.2, -0.15) is 0 Å². The Morgan fingerprint density at radius 3 is 2.03 bits per heavy atom. The Morgan fingerprint density at radius 2 is 1.42 bits per heavy atom. The van der Waals surface area contributed by atoms with Gasteiger partial charge in [0, 0.05) is 30.4 Å². The molecule has 2 N–H and O–H groups in total. The van der Waals surface area contributed by atoms with Gasteiger partial charge < -0.3 is 10.6 Å². The molecule has 0 fully saturated rings. The van der Waals surface area contributed by atoms with Crippen molar-refractivity contribution in [2.24, 2.45) is 0 Å². The lowest BCUT2D eigenvalue weighted by Crippen LogP contribution is -2.29. The van der Waals surface area contributed by atoms with E-state index in [1.165, 1.54) is 11.3 Å². The molecule has 4 aromatic rings. The Morgan fingerprint density at radius 1 is 0.806 bits per heavy atom. The molecule has 5 nitrogen and oxygen atoms in total. The summed E-state index contributed by atoms with van der Waals surface area (Å²) >= 11 is 1.30. The van der Waals surface area contributed by atoms with Crippen molar-refractivity contribution in [3.63, 3.8) is 0 Å². The second-order valence-electron chi connectivity index (χ2n) is 6.94. The van der Waals surface area contributed by atoms with Crippen LogP contribution in [0.15, 0.2) is 96.6 Å². The maximum Gasteiger partial charge on any atom is 0.263 e. The van der Waals surface area contributed by atoms with Crippen LogP contribution in [0.4, 0.5) is 5.69 Å². The minimum Gasteiger partial charge on any atom is -0.350 e. The molecule has 0 aliphatic carbocycles. The van der Waals surface area contributed by atoms with E-state index in [0.29, 0.717) is 22.7 Å². The largest absolute Gasteiger partial charge is 0.350 e. The number of thiophene rings is 1. The number of nitrogens with one attached hydrogen (secondary N) is 2. The Balaban J connectivity index is 1.48. The SMILES string of the molecule is O=C(Nc1ccsc1C(=O)NCC(c1ccccc1)c1ccccc1)c1ccncc1. The van der Waals surface area contributed by atoms with Crippen LogP contribution in [0.3, 0.4) is 0 Å².